The van der Waals surface area contributed by atoms with E-state index in [0.717, 1.165) is 33.7 Å². The first-order valence-electron chi connectivity index (χ1n) is 11.7. The number of pyridine rings is 1. The summed E-state index contributed by atoms with van der Waals surface area (Å²) in [4.78, 5) is 20.8. The lowest BCUT2D eigenvalue weighted by molar-refractivity contribution is 0.102. The first-order chi connectivity index (χ1) is 18.7. The second kappa shape index (κ2) is 12.4. The molecule has 0 radical (unpaired) electrons. The van der Waals surface area contributed by atoms with Crippen molar-refractivity contribution in [2.75, 3.05) is 12.4 Å². The van der Waals surface area contributed by atoms with Gasteiger partial charge >= 0.3 is 0 Å². The summed E-state index contributed by atoms with van der Waals surface area (Å²) in [7, 11) is -2.03. The van der Waals surface area contributed by atoms with Gasteiger partial charge in [0.1, 0.15) is 5.75 Å². The minimum absolute atomic E-state index is 0.114. The molecule has 3 N–H and O–H groups in total. The molecule has 0 atom stereocenters. The van der Waals surface area contributed by atoms with Gasteiger partial charge < -0.3 is 4.74 Å². The average molecular weight is 559 g/mol. The molecule has 0 bridgehead atoms. The number of primary sulfonamides is 1. The van der Waals surface area contributed by atoms with Gasteiger partial charge in [-0.2, -0.15) is 0 Å². The summed E-state index contributed by atoms with van der Waals surface area (Å²) in [6, 6.07) is 25.2. The maximum Gasteiger partial charge on any atom is 0.257 e. The largest absolute Gasteiger partial charge is 0.497 e. The number of aromatic nitrogens is 2. The molecule has 0 aliphatic carbocycles. The van der Waals surface area contributed by atoms with E-state index in [2.05, 4.69) is 15.3 Å². The highest BCUT2D eigenvalue weighted by Crippen LogP contribution is 2.25. The third kappa shape index (κ3) is 7.35. The van der Waals surface area contributed by atoms with Crippen LogP contribution in [0.2, 0.25) is 0 Å². The molecule has 1 amide bonds. The average Bonchev–Trinajstić information content (AvgIpc) is 3.42. The van der Waals surface area contributed by atoms with Crippen molar-refractivity contribution in [3.05, 3.63) is 114 Å². The van der Waals surface area contributed by atoms with E-state index in [1.54, 1.807) is 55.9 Å². The van der Waals surface area contributed by atoms with Crippen molar-refractivity contribution in [3.63, 3.8) is 0 Å². The standard InChI is InChI=1S/C17H14N2O2S.C12H12N2O2S/c1-21-14-9-7-13(8-10-14)16(20)19-17-18-15(11-22-17)12-5-3-2-4-6-12;1-9-6-7-14-8-12(9)10-2-4-11(5-3-10)17(13,15)16/h2-11H,1H3,(H,18,19,20);2-8H,1H3,(H2,13,15,16). The fourth-order valence-electron chi connectivity index (χ4n) is 3.57. The first-order valence-corrected chi connectivity index (χ1v) is 14.2. The third-order valence-corrected chi connectivity index (χ3v) is 7.37. The number of carbonyl (C=O) groups is 1. The molecular formula is C29H26N4O4S2. The lowest BCUT2D eigenvalue weighted by atomic mass is 10.0. The minimum Gasteiger partial charge on any atom is -0.497 e. The summed E-state index contributed by atoms with van der Waals surface area (Å²) in [5, 5.41) is 10.4. The van der Waals surface area contributed by atoms with Crippen LogP contribution in [0.3, 0.4) is 0 Å². The molecule has 5 rings (SSSR count). The van der Waals surface area contributed by atoms with Gasteiger partial charge in [0.05, 0.1) is 17.7 Å². The Labute approximate surface area is 231 Å². The number of aryl methyl sites for hydroxylation is 1. The van der Waals surface area contributed by atoms with Crippen LogP contribution in [0.4, 0.5) is 5.13 Å². The number of hydrogen-bond acceptors (Lipinski definition) is 7. The van der Waals surface area contributed by atoms with E-state index in [0.29, 0.717) is 10.7 Å². The quantitative estimate of drug-likeness (QED) is 0.272. The smallest absolute Gasteiger partial charge is 0.257 e. The second-order valence-corrected chi connectivity index (χ2v) is 10.8. The zero-order valence-electron chi connectivity index (χ0n) is 21.2. The molecule has 2 aromatic heterocycles. The Morgan fingerprint density at radius 3 is 2.23 bits per heavy atom. The molecule has 5 aromatic rings. The number of nitrogens with two attached hydrogens (primary N) is 1. The number of amides is 1. The fourth-order valence-corrected chi connectivity index (χ4v) is 4.80. The Morgan fingerprint density at radius 2 is 1.62 bits per heavy atom. The molecule has 10 heteroatoms. The van der Waals surface area contributed by atoms with E-state index < -0.39 is 10.0 Å². The highest BCUT2D eigenvalue weighted by Gasteiger charge is 2.10. The van der Waals surface area contributed by atoms with Crippen LogP contribution in [-0.4, -0.2) is 31.4 Å². The summed E-state index contributed by atoms with van der Waals surface area (Å²) in [6.07, 6.45) is 3.47. The molecular weight excluding hydrogens is 532 g/mol. The van der Waals surface area contributed by atoms with E-state index in [1.165, 1.54) is 23.5 Å². The highest BCUT2D eigenvalue weighted by atomic mass is 32.2. The predicted octanol–water partition coefficient (Wildman–Crippen LogP) is 5.78. The molecule has 0 saturated heterocycles. The SMILES string of the molecule is COc1ccc(C(=O)Nc2nc(-c3ccccc3)cs2)cc1.Cc1ccncc1-c1ccc(S(N)(=O)=O)cc1. The molecule has 8 nitrogen and oxygen atoms in total. The molecule has 0 unspecified atom stereocenters. The van der Waals surface area contributed by atoms with Crippen LogP contribution in [0.25, 0.3) is 22.4 Å². The van der Waals surface area contributed by atoms with Gasteiger partial charge in [-0.15, -0.1) is 11.3 Å². The van der Waals surface area contributed by atoms with Crippen LogP contribution in [0.15, 0.2) is 108 Å². The Balaban J connectivity index is 0.000000187. The van der Waals surface area contributed by atoms with Gasteiger partial charge in [0.15, 0.2) is 5.13 Å². The molecule has 2 heterocycles. The van der Waals surface area contributed by atoms with Gasteiger partial charge in [0, 0.05) is 34.5 Å². The van der Waals surface area contributed by atoms with Gasteiger partial charge in [-0.25, -0.2) is 18.5 Å². The van der Waals surface area contributed by atoms with Crippen molar-refractivity contribution in [1.82, 2.24) is 9.97 Å². The molecule has 0 saturated carbocycles. The van der Waals surface area contributed by atoms with Crippen molar-refractivity contribution in [1.29, 1.82) is 0 Å². The lowest BCUT2D eigenvalue weighted by Gasteiger charge is -2.05. The Morgan fingerprint density at radius 1 is 0.923 bits per heavy atom. The predicted molar refractivity (Wildman–Crippen MR) is 154 cm³/mol. The molecule has 0 aliphatic rings. The van der Waals surface area contributed by atoms with Gasteiger partial charge in [-0.3, -0.25) is 15.1 Å². The zero-order valence-corrected chi connectivity index (χ0v) is 22.9. The Bertz CT molecular complexity index is 1650. The first kappa shape index (κ1) is 27.6. The van der Waals surface area contributed by atoms with Crippen molar-refractivity contribution >= 4 is 32.4 Å². The molecule has 3 aromatic carbocycles. The van der Waals surface area contributed by atoms with E-state index in [1.807, 2.05) is 48.7 Å². The summed E-state index contributed by atoms with van der Waals surface area (Å²) in [6.45, 7) is 1.98. The van der Waals surface area contributed by atoms with Crippen molar-refractivity contribution in [3.8, 4) is 28.1 Å². The molecule has 0 aliphatic heterocycles. The van der Waals surface area contributed by atoms with Crippen LogP contribution >= 0.6 is 11.3 Å². The van der Waals surface area contributed by atoms with Gasteiger partial charge in [0.25, 0.3) is 5.91 Å². The number of nitrogens with one attached hydrogen (secondary N) is 1. The second-order valence-electron chi connectivity index (χ2n) is 8.35. The maximum absolute atomic E-state index is 12.2. The van der Waals surface area contributed by atoms with Crippen LogP contribution < -0.4 is 15.2 Å². The van der Waals surface area contributed by atoms with Gasteiger partial charge in [-0.1, -0.05) is 42.5 Å². The number of sulfonamides is 1. The number of ether oxygens (including phenoxy) is 1. The molecule has 0 fully saturated rings. The number of carbonyl (C=O) groups excluding carboxylic acids is 1. The van der Waals surface area contributed by atoms with Gasteiger partial charge in [0.2, 0.25) is 10.0 Å². The number of nitrogens with zero attached hydrogens (tertiary/aromatic N) is 2. The molecule has 0 spiro atoms. The van der Waals surface area contributed by atoms with Crippen molar-refractivity contribution in [2.45, 2.75) is 11.8 Å². The third-order valence-electron chi connectivity index (χ3n) is 5.68. The van der Waals surface area contributed by atoms with E-state index in [4.69, 9.17) is 9.88 Å². The fraction of sp³-hybridized carbons (Fsp3) is 0.0690. The lowest BCUT2D eigenvalue weighted by Crippen LogP contribution is -2.11. The van der Waals surface area contributed by atoms with E-state index in [-0.39, 0.29) is 10.8 Å². The number of hydrogen-bond donors (Lipinski definition) is 2. The normalized spacial score (nSPS) is 10.7. The summed E-state index contributed by atoms with van der Waals surface area (Å²) in [5.74, 6) is 0.536. The maximum atomic E-state index is 12.2. The number of thiazole rings is 1. The highest BCUT2D eigenvalue weighted by molar-refractivity contribution is 7.89. The van der Waals surface area contributed by atoms with Crippen LogP contribution in [0.5, 0.6) is 5.75 Å². The Kier molecular flexibility index (Phi) is 8.82. The molecule has 39 heavy (non-hydrogen) atoms. The van der Waals surface area contributed by atoms with Crippen LogP contribution in [0, 0.1) is 6.92 Å². The Hall–Kier alpha value is -4.38. The van der Waals surface area contributed by atoms with Crippen molar-refractivity contribution in [2.24, 2.45) is 5.14 Å². The zero-order chi connectivity index (χ0) is 27.8. The number of rotatable bonds is 6. The summed E-state index contributed by atoms with van der Waals surface area (Å²) in [5.41, 5.74) is 5.44. The van der Waals surface area contributed by atoms with Crippen LogP contribution in [0.1, 0.15) is 15.9 Å². The van der Waals surface area contributed by atoms with Crippen LogP contribution in [-0.2, 0) is 10.0 Å². The number of anilines is 1. The number of benzene rings is 3. The van der Waals surface area contributed by atoms with E-state index in [9.17, 15) is 13.2 Å². The summed E-state index contributed by atoms with van der Waals surface area (Å²) < 4.78 is 27.3. The monoisotopic (exact) mass is 558 g/mol. The van der Waals surface area contributed by atoms with E-state index >= 15 is 0 Å². The number of methoxy groups -OCH3 is 1. The van der Waals surface area contributed by atoms with Crippen molar-refractivity contribution < 1.29 is 17.9 Å². The minimum atomic E-state index is -3.63. The summed E-state index contributed by atoms with van der Waals surface area (Å²) >= 11 is 1.41. The van der Waals surface area contributed by atoms with Gasteiger partial charge in [-0.05, 0) is 60.5 Å². The topological polar surface area (TPSA) is 124 Å². The molecule has 198 valence electrons.